The number of thiophene rings is 2. The summed E-state index contributed by atoms with van der Waals surface area (Å²) in [7, 11) is 0. The lowest BCUT2D eigenvalue weighted by Gasteiger charge is -2.13. The largest absolute Gasteiger partial charge is 0.376 e. The summed E-state index contributed by atoms with van der Waals surface area (Å²) in [4.78, 5) is 21.4. The summed E-state index contributed by atoms with van der Waals surface area (Å²) >= 11 is 3.21. The Hall–Kier alpha value is -2.28. The van der Waals surface area contributed by atoms with Crippen molar-refractivity contribution >= 4 is 32.9 Å². The maximum Gasteiger partial charge on any atom is 0.263 e. The first kappa shape index (κ1) is 15.9. The predicted molar refractivity (Wildman–Crippen MR) is 106 cm³/mol. The molecule has 0 N–H and O–H groups in total. The molecule has 0 bridgehead atoms. The lowest BCUT2D eigenvalue weighted by atomic mass is 10.1. The van der Waals surface area contributed by atoms with Crippen LogP contribution in [0.3, 0.4) is 0 Å². The molecule has 6 heteroatoms. The third kappa shape index (κ3) is 2.61. The Bertz CT molecular complexity index is 1130. The highest BCUT2D eigenvalue weighted by atomic mass is 32.1. The van der Waals surface area contributed by atoms with Crippen LogP contribution < -0.4 is 5.56 Å². The average molecular weight is 380 g/mol. The summed E-state index contributed by atoms with van der Waals surface area (Å²) in [6.45, 7) is 1.78. The van der Waals surface area contributed by atoms with Gasteiger partial charge in [0.15, 0.2) is 5.82 Å². The second-order valence-electron chi connectivity index (χ2n) is 6.28. The van der Waals surface area contributed by atoms with Crippen LogP contribution >= 0.6 is 22.7 Å². The Morgan fingerprint density at radius 2 is 2.04 bits per heavy atom. The number of benzene rings is 1. The fourth-order valence-electron chi connectivity index (χ4n) is 3.41. The Morgan fingerprint density at radius 3 is 2.85 bits per heavy atom. The van der Waals surface area contributed by atoms with Crippen LogP contribution in [0.5, 0.6) is 0 Å². The number of nitrogens with zero attached hydrogens (tertiary/aromatic N) is 2. The topological polar surface area (TPSA) is 44.1 Å². The number of fused-ring (bicyclic) bond motifs is 3. The van der Waals surface area contributed by atoms with Crippen molar-refractivity contribution in [1.29, 1.82) is 0 Å². The van der Waals surface area contributed by atoms with E-state index < -0.39 is 0 Å². The Labute approximate surface area is 158 Å². The molecule has 3 aromatic heterocycles. The minimum atomic E-state index is 0.0571. The lowest BCUT2D eigenvalue weighted by molar-refractivity contribution is 0.114. The summed E-state index contributed by atoms with van der Waals surface area (Å²) < 4.78 is 7.39. The summed E-state index contributed by atoms with van der Waals surface area (Å²) in [6, 6.07) is 14.1. The van der Waals surface area contributed by atoms with Crippen LogP contribution in [-0.2, 0) is 24.3 Å². The van der Waals surface area contributed by atoms with Crippen LogP contribution in [0.1, 0.15) is 16.0 Å². The van der Waals surface area contributed by atoms with Crippen LogP contribution in [0.2, 0.25) is 0 Å². The second-order valence-corrected chi connectivity index (χ2v) is 8.31. The quantitative estimate of drug-likeness (QED) is 0.532. The highest BCUT2D eigenvalue weighted by Crippen LogP contribution is 2.33. The van der Waals surface area contributed by atoms with Gasteiger partial charge in [0.2, 0.25) is 0 Å². The van der Waals surface area contributed by atoms with Crippen molar-refractivity contribution in [2.75, 3.05) is 6.61 Å². The normalized spacial score (nSPS) is 13.8. The predicted octanol–water partition coefficient (Wildman–Crippen LogP) is 4.31. The fraction of sp³-hybridized carbons (Fsp3) is 0.200. The molecule has 4 nitrogen and oxygen atoms in total. The molecule has 0 amide bonds. The van der Waals surface area contributed by atoms with Crippen molar-refractivity contribution in [2.45, 2.75) is 19.6 Å². The molecule has 0 spiro atoms. The molecular weight excluding hydrogens is 364 g/mol. The maximum absolute atomic E-state index is 13.5. The molecule has 1 aliphatic heterocycles. The number of ether oxygens (including phenoxy) is 1. The molecule has 0 atom stereocenters. The minimum Gasteiger partial charge on any atom is -0.376 e. The van der Waals surface area contributed by atoms with Gasteiger partial charge in [-0.1, -0.05) is 36.4 Å². The molecule has 130 valence electrons. The third-order valence-electron chi connectivity index (χ3n) is 4.65. The molecule has 1 aromatic carbocycles. The zero-order chi connectivity index (χ0) is 17.5. The van der Waals surface area contributed by atoms with Gasteiger partial charge in [-0.2, -0.15) is 0 Å². The van der Waals surface area contributed by atoms with E-state index in [9.17, 15) is 4.79 Å². The van der Waals surface area contributed by atoms with E-state index in [0.29, 0.717) is 19.8 Å². The van der Waals surface area contributed by atoms with Crippen molar-refractivity contribution in [3.05, 3.63) is 74.2 Å². The molecule has 4 heterocycles. The molecule has 1 aliphatic rings. The number of rotatable bonds is 3. The number of aromatic nitrogens is 2. The van der Waals surface area contributed by atoms with Gasteiger partial charge in [0.05, 0.1) is 30.0 Å². The maximum atomic E-state index is 13.5. The zero-order valence-electron chi connectivity index (χ0n) is 14.0. The Morgan fingerprint density at radius 1 is 1.15 bits per heavy atom. The molecule has 5 rings (SSSR count). The van der Waals surface area contributed by atoms with Gasteiger partial charge in [0.1, 0.15) is 4.83 Å². The van der Waals surface area contributed by atoms with Gasteiger partial charge < -0.3 is 4.74 Å². The van der Waals surface area contributed by atoms with Crippen LogP contribution in [0.15, 0.2) is 52.6 Å². The van der Waals surface area contributed by atoms with E-state index in [1.165, 1.54) is 0 Å². The van der Waals surface area contributed by atoms with E-state index in [-0.39, 0.29) is 5.56 Å². The van der Waals surface area contributed by atoms with Crippen molar-refractivity contribution < 1.29 is 4.74 Å². The molecule has 26 heavy (non-hydrogen) atoms. The molecule has 0 saturated heterocycles. The van der Waals surface area contributed by atoms with Gasteiger partial charge in [0, 0.05) is 4.88 Å². The van der Waals surface area contributed by atoms with Crippen LogP contribution in [0.4, 0.5) is 0 Å². The van der Waals surface area contributed by atoms with E-state index in [1.54, 1.807) is 22.7 Å². The minimum absolute atomic E-state index is 0.0571. The van der Waals surface area contributed by atoms with E-state index in [4.69, 9.17) is 9.72 Å². The highest BCUT2D eigenvalue weighted by molar-refractivity contribution is 7.18. The van der Waals surface area contributed by atoms with Gasteiger partial charge in [-0.3, -0.25) is 9.36 Å². The highest BCUT2D eigenvalue weighted by Gasteiger charge is 2.23. The lowest BCUT2D eigenvalue weighted by Crippen LogP contribution is -2.24. The van der Waals surface area contributed by atoms with Gasteiger partial charge in [0.25, 0.3) is 5.56 Å². The van der Waals surface area contributed by atoms with E-state index in [1.807, 2.05) is 52.4 Å². The summed E-state index contributed by atoms with van der Waals surface area (Å²) in [5, 5.41) is 2.80. The van der Waals surface area contributed by atoms with Gasteiger partial charge in [-0.25, -0.2) is 4.98 Å². The van der Waals surface area contributed by atoms with Crippen LogP contribution in [0.25, 0.3) is 20.9 Å². The van der Waals surface area contributed by atoms with E-state index in [0.717, 1.165) is 43.3 Å². The molecule has 0 radical (unpaired) electrons. The molecule has 0 aliphatic carbocycles. The standard InChI is InChI=1S/C20H16N2O2S2/c23-20-17-14-8-9-24-12-16(14)26-19(17)21-18(15-7-4-10-25-15)22(20)11-13-5-2-1-3-6-13/h1-7,10H,8-9,11-12H2. The van der Waals surface area contributed by atoms with Crippen molar-refractivity contribution in [3.63, 3.8) is 0 Å². The zero-order valence-corrected chi connectivity index (χ0v) is 15.6. The van der Waals surface area contributed by atoms with Crippen molar-refractivity contribution in [2.24, 2.45) is 0 Å². The van der Waals surface area contributed by atoms with Crippen molar-refractivity contribution in [1.82, 2.24) is 9.55 Å². The molecule has 0 fully saturated rings. The van der Waals surface area contributed by atoms with Gasteiger partial charge in [-0.15, -0.1) is 22.7 Å². The van der Waals surface area contributed by atoms with Crippen molar-refractivity contribution in [3.8, 4) is 10.7 Å². The molecule has 0 saturated carbocycles. The first-order valence-corrected chi connectivity index (χ1v) is 10.2. The van der Waals surface area contributed by atoms with E-state index in [2.05, 4.69) is 0 Å². The molecular formula is C20H16N2O2S2. The van der Waals surface area contributed by atoms with E-state index >= 15 is 0 Å². The van der Waals surface area contributed by atoms with Gasteiger partial charge in [-0.05, 0) is 29.0 Å². The number of hydrogen-bond acceptors (Lipinski definition) is 5. The first-order valence-electron chi connectivity index (χ1n) is 8.52. The summed E-state index contributed by atoms with van der Waals surface area (Å²) in [5.41, 5.74) is 2.29. The number of hydrogen-bond donors (Lipinski definition) is 0. The second kappa shape index (κ2) is 6.46. The first-order chi connectivity index (χ1) is 12.8. The Kier molecular flexibility index (Phi) is 3.96. The summed E-state index contributed by atoms with van der Waals surface area (Å²) in [5.74, 6) is 0.751. The average Bonchev–Trinajstić information content (AvgIpc) is 3.32. The smallest absolute Gasteiger partial charge is 0.263 e. The Balaban J connectivity index is 1.78. The van der Waals surface area contributed by atoms with Gasteiger partial charge >= 0.3 is 0 Å². The molecule has 0 unspecified atom stereocenters. The summed E-state index contributed by atoms with van der Waals surface area (Å²) in [6.07, 6.45) is 0.788. The third-order valence-corrected chi connectivity index (χ3v) is 6.61. The van der Waals surface area contributed by atoms with Crippen LogP contribution in [0, 0.1) is 0 Å². The fourth-order valence-corrected chi connectivity index (χ4v) is 5.28. The SMILES string of the molecule is O=c1c2c3c(sc2nc(-c2cccs2)n1Cc1ccccc1)COCC3. The monoisotopic (exact) mass is 380 g/mol. The van der Waals surface area contributed by atoms with Crippen LogP contribution in [-0.4, -0.2) is 16.2 Å². The molecule has 4 aromatic rings.